The van der Waals surface area contributed by atoms with E-state index in [1.165, 1.54) is 29.7 Å². The normalized spacial score (nSPS) is 29.6. The van der Waals surface area contributed by atoms with Crippen LogP contribution in [0.2, 0.25) is 0 Å². The minimum atomic E-state index is -0.103. The van der Waals surface area contributed by atoms with Crippen LogP contribution in [0.1, 0.15) is 64.9 Å². The van der Waals surface area contributed by atoms with Crippen LogP contribution < -0.4 is 10.6 Å². The van der Waals surface area contributed by atoms with Crippen molar-refractivity contribution in [1.29, 1.82) is 0 Å². The molecule has 4 saturated carbocycles. The molecule has 7 rings (SSSR count). The van der Waals surface area contributed by atoms with Gasteiger partial charge in [0.1, 0.15) is 0 Å². The Labute approximate surface area is 206 Å². The third kappa shape index (κ3) is 4.42. The Hall–Kier alpha value is -2.18. The number of carbonyl (C=O) groups excluding carboxylic acids is 2. The van der Waals surface area contributed by atoms with Crippen molar-refractivity contribution in [2.75, 3.05) is 19.6 Å². The van der Waals surface area contributed by atoms with Crippen LogP contribution in [-0.2, 0) is 24.3 Å². The monoisotopic (exact) mass is 477 g/mol. The fraction of sp³-hybridized carbons (Fsp3) is 0.571. The molecule has 1 aliphatic heterocycles. The molecule has 5 nitrogen and oxygen atoms in total. The second-order valence-corrected chi connectivity index (χ2v) is 12.2. The number of nitrogens with zero attached hydrogens (tertiary/aromatic N) is 1. The molecule has 0 radical (unpaired) electrons. The summed E-state index contributed by atoms with van der Waals surface area (Å²) in [5, 5.41) is 8.47. The maximum Gasteiger partial charge on any atom is 0.251 e. The smallest absolute Gasteiger partial charge is 0.251 e. The van der Waals surface area contributed by atoms with Crippen molar-refractivity contribution in [3.8, 4) is 0 Å². The summed E-state index contributed by atoms with van der Waals surface area (Å²) in [7, 11) is 0. The molecule has 2 amide bonds. The van der Waals surface area contributed by atoms with Crippen molar-refractivity contribution in [3.63, 3.8) is 0 Å². The summed E-state index contributed by atoms with van der Waals surface area (Å²) in [6, 6.07) is 9.91. The van der Waals surface area contributed by atoms with E-state index < -0.39 is 0 Å². The highest BCUT2D eigenvalue weighted by Crippen LogP contribution is 2.60. The molecule has 4 aliphatic carbocycles. The lowest BCUT2D eigenvalue weighted by atomic mass is 9.49. The number of hydrogen-bond donors (Lipinski definition) is 2. The Morgan fingerprint density at radius 2 is 1.68 bits per heavy atom. The first-order valence-corrected chi connectivity index (χ1v) is 13.9. The first-order chi connectivity index (χ1) is 16.6. The maximum absolute atomic E-state index is 13.2. The molecule has 1 aromatic heterocycles. The first-order valence-electron chi connectivity index (χ1n) is 13.0. The van der Waals surface area contributed by atoms with E-state index in [-0.39, 0.29) is 17.2 Å². The molecule has 6 heteroatoms. The molecule has 180 valence electrons. The highest BCUT2D eigenvalue weighted by molar-refractivity contribution is 7.10. The molecule has 4 bridgehead atoms. The van der Waals surface area contributed by atoms with Crippen molar-refractivity contribution in [1.82, 2.24) is 15.5 Å². The van der Waals surface area contributed by atoms with Gasteiger partial charge in [0.15, 0.2) is 0 Å². The molecule has 0 saturated heterocycles. The van der Waals surface area contributed by atoms with E-state index in [0.29, 0.717) is 18.7 Å². The molecule has 5 aliphatic rings. The van der Waals surface area contributed by atoms with Crippen LogP contribution in [0.4, 0.5) is 0 Å². The van der Waals surface area contributed by atoms with E-state index in [0.717, 1.165) is 68.6 Å². The summed E-state index contributed by atoms with van der Waals surface area (Å²) in [4.78, 5) is 29.7. The molecule has 1 aromatic carbocycles. The molecule has 4 fully saturated rings. The van der Waals surface area contributed by atoms with Gasteiger partial charge in [-0.2, -0.15) is 0 Å². The van der Waals surface area contributed by atoms with E-state index in [9.17, 15) is 9.59 Å². The Morgan fingerprint density at radius 3 is 2.38 bits per heavy atom. The Bertz CT molecular complexity index is 1020. The molecule has 34 heavy (non-hydrogen) atoms. The van der Waals surface area contributed by atoms with Gasteiger partial charge < -0.3 is 10.6 Å². The van der Waals surface area contributed by atoms with E-state index in [4.69, 9.17) is 0 Å². The Kier molecular flexibility index (Phi) is 5.98. The number of nitrogens with one attached hydrogen (secondary N) is 2. The molecular formula is C28H35N3O2S. The van der Waals surface area contributed by atoms with Crippen molar-refractivity contribution < 1.29 is 9.59 Å². The van der Waals surface area contributed by atoms with Crippen LogP contribution in [0.3, 0.4) is 0 Å². The van der Waals surface area contributed by atoms with E-state index in [1.54, 1.807) is 0 Å². The van der Waals surface area contributed by atoms with Gasteiger partial charge in [-0.1, -0.05) is 12.1 Å². The average molecular weight is 478 g/mol. The number of rotatable bonds is 7. The minimum absolute atomic E-state index is 0.0302. The van der Waals surface area contributed by atoms with Gasteiger partial charge in [0, 0.05) is 48.6 Å². The van der Waals surface area contributed by atoms with Crippen LogP contribution in [0.5, 0.6) is 0 Å². The summed E-state index contributed by atoms with van der Waals surface area (Å²) in [6.45, 7) is 4.12. The zero-order valence-electron chi connectivity index (χ0n) is 19.9. The van der Waals surface area contributed by atoms with Crippen molar-refractivity contribution in [2.45, 2.75) is 58.0 Å². The fourth-order valence-electron chi connectivity index (χ4n) is 7.46. The van der Waals surface area contributed by atoms with Gasteiger partial charge in [-0.3, -0.25) is 14.5 Å². The number of benzene rings is 1. The highest BCUT2D eigenvalue weighted by Gasteiger charge is 2.54. The standard InChI is InChI=1S/C28H35N3O2S/c32-26(29-7-9-31-8-5-25-24(18-31)6-10-34-25)23-3-1-19(2-4-23)17-30-27(33)28-14-20-11-21(15-28)13-22(12-20)16-28/h1-4,6,10,20-22H,5,7-9,11-18H2,(H,29,32)(H,30,33). The summed E-state index contributed by atoms with van der Waals surface area (Å²) < 4.78 is 0. The molecule has 2 heterocycles. The van der Waals surface area contributed by atoms with Crippen molar-refractivity contribution >= 4 is 23.2 Å². The van der Waals surface area contributed by atoms with E-state index in [2.05, 4.69) is 27.0 Å². The van der Waals surface area contributed by atoms with Gasteiger partial charge in [0.05, 0.1) is 0 Å². The van der Waals surface area contributed by atoms with Gasteiger partial charge in [-0.25, -0.2) is 0 Å². The number of amides is 2. The zero-order valence-corrected chi connectivity index (χ0v) is 20.7. The van der Waals surface area contributed by atoms with E-state index >= 15 is 0 Å². The quantitative estimate of drug-likeness (QED) is 0.623. The fourth-order valence-corrected chi connectivity index (χ4v) is 8.35. The summed E-state index contributed by atoms with van der Waals surface area (Å²) in [5.74, 6) is 2.56. The Balaban J connectivity index is 0.965. The van der Waals surface area contributed by atoms with Crippen molar-refractivity contribution in [2.24, 2.45) is 23.2 Å². The van der Waals surface area contributed by atoms with Gasteiger partial charge in [0.25, 0.3) is 5.91 Å². The average Bonchev–Trinajstić information content (AvgIpc) is 3.30. The minimum Gasteiger partial charge on any atom is -0.352 e. The van der Waals surface area contributed by atoms with Crippen LogP contribution in [0, 0.1) is 23.2 Å². The lowest BCUT2D eigenvalue weighted by Crippen LogP contribution is -2.53. The van der Waals surface area contributed by atoms with Gasteiger partial charge in [-0.15, -0.1) is 11.3 Å². The predicted octanol–water partition coefficient (Wildman–Crippen LogP) is 4.37. The number of carbonyl (C=O) groups is 2. The van der Waals surface area contributed by atoms with Crippen LogP contribution in [-0.4, -0.2) is 36.3 Å². The summed E-state index contributed by atoms with van der Waals surface area (Å²) in [6.07, 6.45) is 8.44. The molecule has 0 spiro atoms. The number of thiophene rings is 1. The third-order valence-corrected chi connectivity index (χ3v) is 9.81. The van der Waals surface area contributed by atoms with Gasteiger partial charge >= 0.3 is 0 Å². The maximum atomic E-state index is 13.2. The third-order valence-electron chi connectivity index (χ3n) is 8.79. The predicted molar refractivity (Wildman–Crippen MR) is 135 cm³/mol. The van der Waals surface area contributed by atoms with Crippen LogP contribution in [0.25, 0.3) is 0 Å². The van der Waals surface area contributed by atoms with E-state index in [1.807, 2.05) is 35.6 Å². The van der Waals surface area contributed by atoms with Crippen LogP contribution in [0.15, 0.2) is 35.7 Å². The molecule has 0 atom stereocenters. The Morgan fingerprint density at radius 1 is 0.971 bits per heavy atom. The largest absolute Gasteiger partial charge is 0.352 e. The number of fused-ring (bicyclic) bond motifs is 1. The molecule has 0 unspecified atom stereocenters. The topological polar surface area (TPSA) is 61.4 Å². The summed E-state index contributed by atoms with van der Waals surface area (Å²) >= 11 is 1.85. The van der Waals surface area contributed by atoms with Crippen LogP contribution >= 0.6 is 11.3 Å². The molecular weight excluding hydrogens is 442 g/mol. The first kappa shape index (κ1) is 22.3. The lowest BCUT2D eigenvalue weighted by Gasteiger charge is -2.55. The highest BCUT2D eigenvalue weighted by atomic mass is 32.1. The molecule has 2 N–H and O–H groups in total. The molecule has 2 aromatic rings. The summed E-state index contributed by atoms with van der Waals surface area (Å²) in [5.41, 5.74) is 3.06. The second kappa shape index (κ2) is 9.12. The lowest BCUT2D eigenvalue weighted by molar-refractivity contribution is -0.146. The second-order valence-electron chi connectivity index (χ2n) is 11.2. The SMILES string of the molecule is O=C(NCCN1CCc2sccc2C1)c1ccc(CNC(=O)C23CC4CC(CC(C4)C2)C3)cc1. The van der Waals surface area contributed by atoms with Gasteiger partial charge in [-0.05, 0) is 97.4 Å². The van der Waals surface area contributed by atoms with Crippen molar-refractivity contribution in [3.05, 3.63) is 57.3 Å². The number of hydrogen-bond acceptors (Lipinski definition) is 4. The van der Waals surface area contributed by atoms with Gasteiger partial charge in [0.2, 0.25) is 5.91 Å². The zero-order chi connectivity index (χ0) is 23.1.